The van der Waals surface area contributed by atoms with E-state index in [-0.39, 0.29) is 36.0 Å². The Labute approximate surface area is 277 Å². The van der Waals surface area contributed by atoms with Gasteiger partial charge in [0.15, 0.2) is 5.78 Å². The Morgan fingerprint density at radius 1 is 0.913 bits per heavy atom. The minimum absolute atomic E-state index is 0.0608. The molecule has 46 heavy (non-hydrogen) atoms. The topological polar surface area (TPSA) is 88.4 Å². The first kappa shape index (κ1) is 33.5. The molecule has 1 saturated carbocycles. The van der Waals surface area contributed by atoms with Crippen molar-refractivity contribution in [2.24, 2.45) is 11.8 Å². The molecule has 1 unspecified atom stereocenters. The van der Waals surface area contributed by atoms with Gasteiger partial charge in [-0.25, -0.2) is 0 Å². The zero-order valence-electron chi connectivity index (χ0n) is 27.2. The molecule has 242 valence electrons. The van der Waals surface area contributed by atoms with E-state index in [0.29, 0.717) is 35.2 Å². The zero-order valence-corrected chi connectivity index (χ0v) is 27.9. The highest BCUT2D eigenvalue weighted by Gasteiger charge is 2.29. The van der Waals surface area contributed by atoms with E-state index >= 15 is 0 Å². The number of ketones is 1. The zero-order chi connectivity index (χ0) is 32.8. The number of carbonyl (C=O) groups excluding carboxylic acids is 2. The fraction of sp³-hybridized carbons (Fsp3) is 0.410. The summed E-state index contributed by atoms with van der Waals surface area (Å²) in [4.78, 5) is 38.0. The quantitative estimate of drug-likeness (QED) is 0.151. The number of aromatic nitrogens is 1. The van der Waals surface area contributed by atoms with Crippen molar-refractivity contribution in [1.82, 2.24) is 9.88 Å². The summed E-state index contributed by atoms with van der Waals surface area (Å²) >= 11 is 6.41. The summed E-state index contributed by atoms with van der Waals surface area (Å²) in [5.41, 5.74) is 5.63. The number of nitrogens with zero attached hydrogens (tertiary/aromatic N) is 1. The molecule has 0 saturated heterocycles. The standard InChI is InChI=1S/C39H45ClN2O4/c1-39(2,3)32-15-11-28(12-16-32)25-42-34-18-17-33(40)23-30(34)24-35(42)37(45)31(21-26-7-5-4-6-8-26)22-27-9-13-29(14-10-27)38(46)41-20-19-36(43)44/h9-18,23-24,26,31H,4-8,19-22,25H2,1-3H3,(H,41,46)(H,43,44). The summed E-state index contributed by atoms with van der Waals surface area (Å²) in [6.07, 6.45) is 7.27. The van der Waals surface area contributed by atoms with Gasteiger partial charge in [0, 0.05) is 40.5 Å². The van der Waals surface area contributed by atoms with E-state index < -0.39 is 5.97 Å². The molecule has 1 aliphatic rings. The molecule has 2 N–H and O–H groups in total. The number of carboxylic acids is 1. The van der Waals surface area contributed by atoms with Crippen molar-refractivity contribution in [3.05, 3.63) is 106 Å². The number of halogens is 1. The SMILES string of the molecule is CC(C)(C)c1ccc(Cn2c(C(=O)C(Cc3ccc(C(=O)NCCC(=O)O)cc3)CC3CCCCC3)cc3cc(Cl)ccc32)cc1. The summed E-state index contributed by atoms with van der Waals surface area (Å²) in [5.74, 6) is -0.815. The Kier molecular flexibility index (Phi) is 10.7. The van der Waals surface area contributed by atoms with Crippen LogP contribution in [0.1, 0.15) is 103 Å². The van der Waals surface area contributed by atoms with E-state index in [1.165, 1.54) is 24.8 Å². The molecule has 1 amide bonds. The number of aliphatic carboxylic acids is 1. The number of hydrogen-bond acceptors (Lipinski definition) is 3. The van der Waals surface area contributed by atoms with Crippen LogP contribution >= 0.6 is 11.6 Å². The van der Waals surface area contributed by atoms with Gasteiger partial charge in [0.2, 0.25) is 0 Å². The lowest BCUT2D eigenvalue weighted by Crippen LogP contribution is -2.26. The third-order valence-corrected chi connectivity index (χ3v) is 9.55. The highest BCUT2D eigenvalue weighted by molar-refractivity contribution is 6.31. The second-order valence-electron chi connectivity index (χ2n) is 13.9. The normalized spacial score (nSPS) is 14.7. The average Bonchev–Trinajstić information content (AvgIpc) is 3.37. The van der Waals surface area contributed by atoms with E-state index in [9.17, 15) is 14.4 Å². The number of carboxylic acid groups (broad SMARTS) is 1. The molecule has 4 aromatic rings. The van der Waals surface area contributed by atoms with Gasteiger partial charge in [-0.1, -0.05) is 101 Å². The Balaban J connectivity index is 1.44. The van der Waals surface area contributed by atoms with E-state index in [1.807, 2.05) is 36.4 Å². The third-order valence-electron chi connectivity index (χ3n) is 9.31. The molecule has 1 aromatic heterocycles. The lowest BCUT2D eigenvalue weighted by Gasteiger charge is -2.26. The highest BCUT2D eigenvalue weighted by atomic mass is 35.5. The molecule has 1 heterocycles. The van der Waals surface area contributed by atoms with Crippen LogP contribution in [-0.4, -0.2) is 33.9 Å². The van der Waals surface area contributed by atoms with E-state index in [1.54, 1.807) is 12.1 Å². The van der Waals surface area contributed by atoms with Gasteiger partial charge >= 0.3 is 5.97 Å². The van der Waals surface area contributed by atoms with Crippen LogP contribution in [0.5, 0.6) is 0 Å². The van der Waals surface area contributed by atoms with Gasteiger partial charge in [-0.3, -0.25) is 14.4 Å². The highest BCUT2D eigenvalue weighted by Crippen LogP contribution is 2.34. The van der Waals surface area contributed by atoms with Crippen LogP contribution in [0.15, 0.2) is 72.8 Å². The minimum atomic E-state index is -0.954. The molecular weight excluding hydrogens is 596 g/mol. The molecule has 0 bridgehead atoms. The van der Waals surface area contributed by atoms with Gasteiger partial charge in [0.1, 0.15) is 0 Å². The van der Waals surface area contributed by atoms with Crippen molar-refractivity contribution >= 4 is 40.2 Å². The lowest BCUT2D eigenvalue weighted by molar-refractivity contribution is -0.136. The van der Waals surface area contributed by atoms with Crippen LogP contribution in [0.4, 0.5) is 0 Å². The van der Waals surface area contributed by atoms with Crippen molar-refractivity contribution in [1.29, 1.82) is 0 Å². The number of rotatable bonds is 12. The molecule has 0 spiro atoms. The number of benzene rings is 3. The van der Waals surface area contributed by atoms with E-state index in [0.717, 1.165) is 41.3 Å². The van der Waals surface area contributed by atoms with E-state index in [4.69, 9.17) is 16.7 Å². The Morgan fingerprint density at radius 2 is 1.59 bits per heavy atom. The second kappa shape index (κ2) is 14.7. The third kappa shape index (κ3) is 8.47. The maximum absolute atomic E-state index is 14.7. The van der Waals surface area contributed by atoms with Crippen LogP contribution in [0.25, 0.3) is 10.9 Å². The first-order valence-electron chi connectivity index (χ1n) is 16.5. The monoisotopic (exact) mass is 640 g/mol. The van der Waals surface area contributed by atoms with Gasteiger partial charge in [-0.2, -0.15) is 0 Å². The average molecular weight is 641 g/mol. The Hall–Kier alpha value is -3.90. The molecular formula is C39H45ClN2O4. The van der Waals surface area contributed by atoms with Crippen molar-refractivity contribution in [2.45, 2.75) is 84.1 Å². The van der Waals surface area contributed by atoms with Gasteiger partial charge in [-0.05, 0) is 77.3 Å². The van der Waals surface area contributed by atoms with Gasteiger partial charge in [0.05, 0.1) is 12.1 Å². The number of hydrogen-bond donors (Lipinski definition) is 2. The fourth-order valence-electron chi connectivity index (χ4n) is 6.69. The second-order valence-corrected chi connectivity index (χ2v) is 14.3. The number of fused-ring (bicyclic) bond motifs is 1. The molecule has 6 nitrogen and oxygen atoms in total. The van der Waals surface area contributed by atoms with Crippen molar-refractivity contribution in [3.8, 4) is 0 Å². The lowest BCUT2D eigenvalue weighted by atomic mass is 9.79. The number of Topliss-reactive ketones (excluding diaryl/α,β-unsaturated/α-hetero) is 1. The van der Waals surface area contributed by atoms with Gasteiger partial charge in [-0.15, -0.1) is 0 Å². The predicted molar refractivity (Wildman–Crippen MR) is 185 cm³/mol. The number of nitrogens with one attached hydrogen (secondary N) is 1. The smallest absolute Gasteiger partial charge is 0.305 e. The molecule has 0 aliphatic heterocycles. The summed E-state index contributed by atoms with van der Waals surface area (Å²) < 4.78 is 2.15. The minimum Gasteiger partial charge on any atom is -0.481 e. The van der Waals surface area contributed by atoms with Crippen LogP contribution in [0, 0.1) is 11.8 Å². The van der Waals surface area contributed by atoms with Gasteiger partial charge < -0.3 is 15.0 Å². The van der Waals surface area contributed by atoms with E-state index in [2.05, 4.69) is 54.9 Å². The summed E-state index contributed by atoms with van der Waals surface area (Å²) in [6.45, 7) is 7.28. The molecule has 1 fully saturated rings. The van der Waals surface area contributed by atoms with Crippen LogP contribution in [-0.2, 0) is 23.2 Å². The first-order chi connectivity index (χ1) is 22.0. The van der Waals surface area contributed by atoms with Crippen molar-refractivity contribution < 1.29 is 19.5 Å². The maximum Gasteiger partial charge on any atom is 0.305 e. The summed E-state index contributed by atoms with van der Waals surface area (Å²) in [7, 11) is 0. The molecule has 1 atom stereocenters. The Bertz CT molecular complexity index is 1680. The van der Waals surface area contributed by atoms with Crippen LogP contribution in [0.3, 0.4) is 0 Å². The molecule has 5 rings (SSSR count). The van der Waals surface area contributed by atoms with Crippen LogP contribution < -0.4 is 5.32 Å². The number of carbonyl (C=O) groups is 3. The summed E-state index contributed by atoms with van der Waals surface area (Å²) in [6, 6.07) is 23.9. The first-order valence-corrected chi connectivity index (χ1v) is 16.9. The van der Waals surface area contributed by atoms with Crippen LogP contribution in [0.2, 0.25) is 5.02 Å². The molecule has 1 aliphatic carbocycles. The molecule has 3 aromatic carbocycles. The predicted octanol–water partition coefficient (Wildman–Crippen LogP) is 8.86. The Morgan fingerprint density at radius 3 is 2.24 bits per heavy atom. The van der Waals surface area contributed by atoms with Crippen molar-refractivity contribution in [3.63, 3.8) is 0 Å². The van der Waals surface area contributed by atoms with Gasteiger partial charge in [0.25, 0.3) is 5.91 Å². The maximum atomic E-state index is 14.7. The summed E-state index contributed by atoms with van der Waals surface area (Å²) in [5, 5.41) is 13.1. The largest absolute Gasteiger partial charge is 0.481 e. The molecule has 7 heteroatoms. The molecule has 0 radical (unpaired) electrons. The number of amides is 1. The fourth-order valence-corrected chi connectivity index (χ4v) is 6.87. The van der Waals surface area contributed by atoms with Crippen molar-refractivity contribution in [2.75, 3.05) is 6.54 Å².